The van der Waals surface area contributed by atoms with E-state index in [0.29, 0.717) is 5.69 Å². The molecule has 0 atom stereocenters. The smallest absolute Gasteiger partial charge is 0.208 e. The van der Waals surface area contributed by atoms with E-state index in [1.54, 1.807) is 24.3 Å². The predicted octanol–water partition coefficient (Wildman–Crippen LogP) is 4.03. The number of ketones is 1. The Balaban J connectivity index is 2.23. The number of H-pyrrole nitrogens is 1. The molecule has 122 valence electrons. The quantitative estimate of drug-likeness (QED) is 0.730. The van der Waals surface area contributed by atoms with Gasteiger partial charge in [0.15, 0.2) is 5.78 Å². The molecule has 1 N–H and O–H groups in total. The molecule has 1 heterocycles. The van der Waals surface area contributed by atoms with Crippen molar-refractivity contribution in [2.75, 3.05) is 0 Å². The summed E-state index contributed by atoms with van der Waals surface area (Å²) in [4.78, 5) is 15.0. The molecule has 0 unspecified atom stereocenters. The Labute approximate surface area is 141 Å². The summed E-state index contributed by atoms with van der Waals surface area (Å²) < 4.78 is 26.1. The minimum Gasteiger partial charge on any atom is -0.351 e. The first kappa shape index (κ1) is 16.2. The van der Waals surface area contributed by atoms with Gasteiger partial charge in [0.25, 0.3) is 0 Å². The predicted molar refractivity (Wildman–Crippen MR) is 92.9 cm³/mol. The third-order valence-electron chi connectivity index (χ3n) is 3.84. The Morgan fingerprint density at radius 2 is 1.58 bits per heavy atom. The van der Waals surface area contributed by atoms with Crippen molar-refractivity contribution in [3.63, 3.8) is 0 Å². The number of aryl methyl sites for hydroxylation is 1. The van der Waals surface area contributed by atoms with Gasteiger partial charge in [-0.15, -0.1) is 0 Å². The highest BCUT2D eigenvalue weighted by molar-refractivity contribution is 7.91. The average molecular weight is 339 g/mol. The van der Waals surface area contributed by atoms with Crippen LogP contribution in [0.25, 0.3) is 11.3 Å². The molecule has 0 aliphatic carbocycles. The summed E-state index contributed by atoms with van der Waals surface area (Å²) in [7, 11) is -3.73. The first-order chi connectivity index (χ1) is 11.4. The van der Waals surface area contributed by atoms with Crippen LogP contribution in [0.5, 0.6) is 0 Å². The molecule has 0 bridgehead atoms. The van der Waals surface area contributed by atoms with Gasteiger partial charge in [-0.1, -0.05) is 48.0 Å². The van der Waals surface area contributed by atoms with E-state index < -0.39 is 9.84 Å². The number of carbonyl (C=O) groups is 1. The largest absolute Gasteiger partial charge is 0.351 e. The van der Waals surface area contributed by atoms with Crippen molar-refractivity contribution in [1.82, 2.24) is 4.98 Å². The lowest BCUT2D eigenvalue weighted by atomic mass is 10.2. The van der Waals surface area contributed by atoms with Crippen molar-refractivity contribution in [3.8, 4) is 11.3 Å². The van der Waals surface area contributed by atoms with Gasteiger partial charge in [-0.3, -0.25) is 4.79 Å². The average Bonchev–Trinajstić information content (AvgIpc) is 3.02. The first-order valence-electron chi connectivity index (χ1n) is 7.51. The highest BCUT2D eigenvalue weighted by atomic mass is 32.2. The minimum absolute atomic E-state index is 0.114. The van der Waals surface area contributed by atoms with Crippen LogP contribution in [0.1, 0.15) is 23.0 Å². The van der Waals surface area contributed by atoms with Gasteiger partial charge in [-0.05, 0) is 30.7 Å². The minimum atomic E-state index is -3.73. The summed E-state index contributed by atoms with van der Waals surface area (Å²) in [6, 6.07) is 17.2. The summed E-state index contributed by atoms with van der Waals surface area (Å²) in [6.45, 7) is 3.30. The highest BCUT2D eigenvalue weighted by Gasteiger charge is 2.25. The lowest BCUT2D eigenvalue weighted by Crippen LogP contribution is -2.02. The Bertz CT molecular complexity index is 985. The van der Waals surface area contributed by atoms with Crippen LogP contribution in [0, 0.1) is 6.92 Å². The fourth-order valence-corrected chi connectivity index (χ4v) is 3.96. The number of rotatable bonds is 4. The van der Waals surface area contributed by atoms with Gasteiger partial charge >= 0.3 is 0 Å². The van der Waals surface area contributed by atoms with E-state index in [2.05, 4.69) is 4.98 Å². The van der Waals surface area contributed by atoms with Gasteiger partial charge in [0.05, 0.1) is 21.2 Å². The summed E-state index contributed by atoms with van der Waals surface area (Å²) in [5, 5.41) is 0. The lowest BCUT2D eigenvalue weighted by Gasteiger charge is -2.07. The van der Waals surface area contributed by atoms with Gasteiger partial charge in [0.1, 0.15) is 0 Å². The molecule has 3 rings (SSSR count). The lowest BCUT2D eigenvalue weighted by molar-refractivity contribution is 0.101. The second-order valence-electron chi connectivity index (χ2n) is 5.66. The molecule has 24 heavy (non-hydrogen) atoms. The second-order valence-corrected chi connectivity index (χ2v) is 7.58. The third kappa shape index (κ3) is 2.90. The van der Waals surface area contributed by atoms with E-state index in [9.17, 15) is 13.2 Å². The number of aromatic amines is 1. The molecule has 3 aromatic rings. The van der Waals surface area contributed by atoms with Crippen molar-refractivity contribution in [1.29, 1.82) is 0 Å². The van der Waals surface area contributed by atoms with Gasteiger partial charge in [0, 0.05) is 6.92 Å². The Kier molecular flexibility index (Phi) is 4.11. The second kappa shape index (κ2) is 6.09. The van der Waals surface area contributed by atoms with E-state index in [-0.39, 0.29) is 21.3 Å². The fraction of sp³-hybridized carbons (Fsp3) is 0.105. The van der Waals surface area contributed by atoms with E-state index in [1.807, 2.05) is 37.3 Å². The van der Waals surface area contributed by atoms with E-state index >= 15 is 0 Å². The Hall–Kier alpha value is -2.66. The number of aromatic nitrogens is 1. The standard InChI is InChI=1S/C19H17NO3S/c1-13-8-10-16(11-9-13)24(22,23)18-12-17(14(2)21)20-19(18)15-6-4-3-5-7-15/h3-12,20H,1-2H3. The van der Waals surface area contributed by atoms with Crippen molar-refractivity contribution in [3.05, 3.63) is 71.9 Å². The number of sulfone groups is 1. The summed E-state index contributed by atoms with van der Waals surface area (Å²) >= 11 is 0. The number of nitrogens with one attached hydrogen (secondary N) is 1. The molecule has 2 aromatic carbocycles. The molecule has 0 aliphatic heterocycles. The molecule has 0 radical (unpaired) electrons. The van der Waals surface area contributed by atoms with Crippen LogP contribution in [-0.2, 0) is 9.84 Å². The molecule has 0 fully saturated rings. The van der Waals surface area contributed by atoms with Gasteiger partial charge < -0.3 is 4.98 Å². The van der Waals surface area contributed by atoms with Gasteiger partial charge in [-0.25, -0.2) is 8.42 Å². The van der Waals surface area contributed by atoms with E-state index in [1.165, 1.54) is 13.0 Å². The molecule has 0 saturated carbocycles. The monoisotopic (exact) mass is 339 g/mol. The number of benzene rings is 2. The van der Waals surface area contributed by atoms with Crippen molar-refractivity contribution < 1.29 is 13.2 Å². The maximum absolute atomic E-state index is 13.0. The Morgan fingerprint density at radius 3 is 2.17 bits per heavy atom. The van der Waals surface area contributed by atoms with Crippen molar-refractivity contribution in [2.24, 2.45) is 0 Å². The fourth-order valence-electron chi connectivity index (χ4n) is 2.50. The van der Waals surface area contributed by atoms with E-state index in [0.717, 1.165) is 11.1 Å². The van der Waals surface area contributed by atoms with Crippen LogP contribution < -0.4 is 0 Å². The SMILES string of the molecule is CC(=O)c1cc(S(=O)(=O)c2ccc(C)cc2)c(-c2ccccc2)[nH]1. The van der Waals surface area contributed by atoms with Crippen LogP contribution >= 0.6 is 0 Å². The highest BCUT2D eigenvalue weighted by Crippen LogP contribution is 2.32. The Morgan fingerprint density at radius 1 is 0.958 bits per heavy atom. The van der Waals surface area contributed by atoms with Crippen LogP contribution in [0.2, 0.25) is 0 Å². The zero-order valence-corrected chi connectivity index (χ0v) is 14.2. The topological polar surface area (TPSA) is 67.0 Å². The molecule has 0 saturated heterocycles. The number of Topliss-reactive ketones (excluding diaryl/α,β-unsaturated/α-hetero) is 1. The van der Waals surface area contributed by atoms with Crippen molar-refractivity contribution in [2.45, 2.75) is 23.6 Å². The summed E-state index contributed by atoms with van der Waals surface area (Å²) in [5.74, 6) is -0.211. The molecule has 0 aliphatic rings. The van der Waals surface area contributed by atoms with Crippen molar-refractivity contribution >= 4 is 15.6 Å². The number of carbonyl (C=O) groups excluding carboxylic acids is 1. The molecular weight excluding hydrogens is 322 g/mol. The van der Waals surface area contributed by atoms with Crippen LogP contribution in [0.4, 0.5) is 0 Å². The first-order valence-corrected chi connectivity index (χ1v) is 8.99. The van der Waals surface area contributed by atoms with E-state index in [4.69, 9.17) is 0 Å². The molecule has 4 nitrogen and oxygen atoms in total. The number of hydrogen-bond acceptors (Lipinski definition) is 3. The zero-order chi connectivity index (χ0) is 17.3. The number of hydrogen-bond donors (Lipinski definition) is 1. The van der Waals surface area contributed by atoms with Crippen LogP contribution in [-0.4, -0.2) is 19.2 Å². The molecule has 1 aromatic heterocycles. The maximum Gasteiger partial charge on any atom is 0.208 e. The zero-order valence-electron chi connectivity index (χ0n) is 13.4. The van der Waals surface area contributed by atoms with Crippen LogP contribution in [0.15, 0.2) is 70.5 Å². The molecule has 5 heteroatoms. The molecule has 0 amide bonds. The van der Waals surface area contributed by atoms with Gasteiger partial charge in [-0.2, -0.15) is 0 Å². The third-order valence-corrected chi connectivity index (χ3v) is 5.64. The van der Waals surface area contributed by atoms with Crippen LogP contribution in [0.3, 0.4) is 0 Å². The maximum atomic E-state index is 13.0. The summed E-state index contributed by atoms with van der Waals surface area (Å²) in [5.41, 5.74) is 2.41. The molecular formula is C19H17NO3S. The molecule has 0 spiro atoms. The van der Waals surface area contributed by atoms with Gasteiger partial charge in [0.2, 0.25) is 9.84 Å². The summed E-state index contributed by atoms with van der Waals surface area (Å²) in [6.07, 6.45) is 0. The normalized spacial score (nSPS) is 11.4.